The zero-order valence-corrected chi connectivity index (χ0v) is 18.3. The molecule has 1 amide bonds. The highest BCUT2D eigenvalue weighted by molar-refractivity contribution is 7.15. The van der Waals surface area contributed by atoms with Gasteiger partial charge in [0.05, 0.1) is 28.4 Å². The molecular formula is C22H27N5OS. The molecule has 1 aliphatic rings. The van der Waals surface area contributed by atoms with Crippen molar-refractivity contribution in [1.29, 1.82) is 0 Å². The minimum atomic E-state index is 0.0842. The maximum absolute atomic E-state index is 12.2. The summed E-state index contributed by atoms with van der Waals surface area (Å²) in [4.78, 5) is 24.4. The Morgan fingerprint density at radius 2 is 2.07 bits per heavy atom. The van der Waals surface area contributed by atoms with Gasteiger partial charge in [0.1, 0.15) is 5.01 Å². The summed E-state index contributed by atoms with van der Waals surface area (Å²) in [7, 11) is 3.57. The molecule has 3 heterocycles. The number of carbonyl (C=O) groups is 1. The van der Waals surface area contributed by atoms with Crippen molar-refractivity contribution in [3.63, 3.8) is 0 Å². The third-order valence-corrected chi connectivity index (χ3v) is 6.51. The molecule has 0 saturated carbocycles. The summed E-state index contributed by atoms with van der Waals surface area (Å²) in [5.74, 6) is 0.0842. The van der Waals surface area contributed by atoms with Gasteiger partial charge in [-0.05, 0) is 44.7 Å². The van der Waals surface area contributed by atoms with E-state index in [0.29, 0.717) is 6.42 Å². The Hall–Kier alpha value is -2.54. The van der Waals surface area contributed by atoms with Gasteiger partial charge in [0, 0.05) is 43.7 Å². The molecule has 0 radical (unpaired) electrons. The number of aromatic nitrogens is 4. The molecule has 0 bridgehead atoms. The van der Waals surface area contributed by atoms with E-state index < -0.39 is 0 Å². The van der Waals surface area contributed by atoms with Crippen LogP contribution in [-0.4, -0.2) is 44.7 Å². The van der Waals surface area contributed by atoms with Crippen molar-refractivity contribution < 1.29 is 4.79 Å². The first kappa shape index (κ1) is 19.8. The first-order chi connectivity index (χ1) is 14.0. The lowest BCUT2D eigenvalue weighted by Crippen LogP contribution is -2.23. The maximum atomic E-state index is 12.2. The van der Waals surface area contributed by atoms with Crippen LogP contribution in [0.1, 0.15) is 42.2 Å². The molecule has 0 aliphatic heterocycles. The van der Waals surface area contributed by atoms with Crippen LogP contribution in [0.4, 0.5) is 0 Å². The van der Waals surface area contributed by atoms with E-state index in [1.54, 1.807) is 30.3 Å². The van der Waals surface area contributed by atoms with Crippen molar-refractivity contribution in [1.82, 2.24) is 24.6 Å². The summed E-state index contributed by atoms with van der Waals surface area (Å²) in [5, 5.41) is 5.85. The van der Waals surface area contributed by atoms with Gasteiger partial charge in [0.2, 0.25) is 5.91 Å². The highest BCUT2D eigenvalue weighted by Gasteiger charge is 2.27. The van der Waals surface area contributed by atoms with Crippen molar-refractivity contribution in [3.05, 3.63) is 40.3 Å². The highest BCUT2D eigenvalue weighted by Crippen LogP contribution is 2.41. The number of aryl methyl sites for hydroxylation is 3. The zero-order valence-electron chi connectivity index (χ0n) is 17.5. The summed E-state index contributed by atoms with van der Waals surface area (Å²) in [6, 6.07) is 4.22. The third-order valence-electron chi connectivity index (χ3n) is 5.41. The minimum Gasteiger partial charge on any atom is -0.348 e. The number of thiazole rings is 1. The van der Waals surface area contributed by atoms with Gasteiger partial charge in [-0.1, -0.05) is 6.92 Å². The quantitative estimate of drug-likeness (QED) is 0.643. The Kier molecular flexibility index (Phi) is 5.50. The molecule has 6 nitrogen and oxygen atoms in total. The molecular weight excluding hydrogens is 382 g/mol. The lowest BCUT2D eigenvalue weighted by molar-refractivity contribution is -0.127. The minimum absolute atomic E-state index is 0.0842. The van der Waals surface area contributed by atoms with Gasteiger partial charge in [-0.2, -0.15) is 5.10 Å². The van der Waals surface area contributed by atoms with Gasteiger partial charge in [-0.15, -0.1) is 11.3 Å². The topological polar surface area (TPSA) is 63.9 Å². The van der Waals surface area contributed by atoms with Crippen molar-refractivity contribution in [3.8, 4) is 21.8 Å². The molecule has 0 N–H and O–H groups in total. The first-order valence-electron chi connectivity index (χ1n) is 10.3. The Morgan fingerprint density at radius 1 is 1.24 bits per heavy atom. The second-order valence-corrected chi connectivity index (χ2v) is 8.67. The number of likely N-dealkylation sites (N-methyl/N-ethyl adjacent to an activating group) is 1. The molecule has 0 unspecified atom stereocenters. The Morgan fingerprint density at radius 3 is 2.72 bits per heavy atom. The number of fused-ring (bicyclic) bond motifs is 3. The molecule has 0 saturated heterocycles. The summed E-state index contributed by atoms with van der Waals surface area (Å²) >= 11 is 1.65. The molecule has 0 spiro atoms. The standard InChI is InChI=1S/C22H27N5OS/c1-5-15-11-10-14(13-23-15)20-16-8-7-9-17-22(21(16)27(6-2)25-20)29-18(24-17)12-19(28)26(3)4/h10-11,13H,5-9,12H2,1-4H3. The van der Waals surface area contributed by atoms with Crippen LogP contribution >= 0.6 is 11.3 Å². The van der Waals surface area contributed by atoms with Crippen LogP contribution in [0.25, 0.3) is 21.8 Å². The van der Waals surface area contributed by atoms with Gasteiger partial charge in [0.15, 0.2) is 0 Å². The second-order valence-electron chi connectivity index (χ2n) is 7.59. The molecule has 0 atom stereocenters. The van der Waals surface area contributed by atoms with Crippen LogP contribution in [0, 0.1) is 0 Å². The maximum Gasteiger partial charge on any atom is 0.228 e. The largest absolute Gasteiger partial charge is 0.348 e. The Labute approximate surface area is 175 Å². The van der Waals surface area contributed by atoms with Crippen LogP contribution in [-0.2, 0) is 37.0 Å². The smallest absolute Gasteiger partial charge is 0.228 e. The fraction of sp³-hybridized carbons (Fsp3) is 0.455. The summed E-state index contributed by atoms with van der Waals surface area (Å²) in [6.07, 6.45) is 6.19. The van der Waals surface area contributed by atoms with E-state index in [4.69, 9.17) is 10.1 Å². The molecule has 3 aromatic heterocycles. The van der Waals surface area contributed by atoms with Gasteiger partial charge >= 0.3 is 0 Å². The fourth-order valence-electron chi connectivity index (χ4n) is 3.78. The second kappa shape index (κ2) is 8.06. The molecule has 4 rings (SSSR count). The number of pyridine rings is 1. The lowest BCUT2D eigenvalue weighted by Gasteiger charge is -2.08. The van der Waals surface area contributed by atoms with Gasteiger partial charge in [-0.3, -0.25) is 14.5 Å². The number of rotatable bonds is 5. The van der Waals surface area contributed by atoms with E-state index in [1.165, 1.54) is 16.1 Å². The molecule has 0 fully saturated rings. The molecule has 152 valence electrons. The lowest BCUT2D eigenvalue weighted by atomic mass is 10.0. The van der Waals surface area contributed by atoms with Crippen LogP contribution in [0.15, 0.2) is 18.3 Å². The Balaban J connectivity index is 1.80. The van der Waals surface area contributed by atoms with Crippen molar-refractivity contribution >= 4 is 17.2 Å². The predicted octanol–water partition coefficient (Wildman–Crippen LogP) is 3.77. The van der Waals surface area contributed by atoms with E-state index in [-0.39, 0.29) is 5.91 Å². The van der Waals surface area contributed by atoms with E-state index in [1.807, 2.05) is 6.20 Å². The Bertz CT molecular complexity index is 1030. The van der Waals surface area contributed by atoms with E-state index in [2.05, 4.69) is 35.6 Å². The van der Waals surface area contributed by atoms with Crippen LogP contribution < -0.4 is 0 Å². The molecule has 1 aliphatic carbocycles. The van der Waals surface area contributed by atoms with Crippen LogP contribution in [0.2, 0.25) is 0 Å². The number of hydrogen-bond donors (Lipinski definition) is 0. The molecule has 3 aromatic rings. The van der Waals surface area contributed by atoms with Gasteiger partial charge in [0.25, 0.3) is 0 Å². The van der Waals surface area contributed by atoms with Gasteiger partial charge < -0.3 is 4.90 Å². The van der Waals surface area contributed by atoms with Crippen molar-refractivity contribution in [2.75, 3.05) is 14.1 Å². The highest BCUT2D eigenvalue weighted by atomic mass is 32.1. The number of amides is 1. The van der Waals surface area contributed by atoms with Crippen LogP contribution in [0.3, 0.4) is 0 Å². The number of hydrogen-bond acceptors (Lipinski definition) is 5. The first-order valence-corrected chi connectivity index (χ1v) is 11.1. The number of carbonyl (C=O) groups excluding carboxylic acids is 1. The SMILES string of the molecule is CCc1ccc(-c2nn(CC)c3c2CCCc2nc(CC(=O)N(C)C)sc2-3)cn1. The number of nitrogens with zero attached hydrogens (tertiary/aromatic N) is 5. The monoisotopic (exact) mass is 409 g/mol. The average Bonchev–Trinajstić information content (AvgIpc) is 3.24. The van der Waals surface area contributed by atoms with Gasteiger partial charge in [-0.25, -0.2) is 4.98 Å². The average molecular weight is 410 g/mol. The molecule has 7 heteroatoms. The third kappa shape index (κ3) is 3.71. The van der Waals surface area contributed by atoms with Crippen molar-refractivity contribution in [2.24, 2.45) is 0 Å². The molecule has 29 heavy (non-hydrogen) atoms. The van der Waals surface area contributed by atoms with Crippen molar-refractivity contribution in [2.45, 2.75) is 52.5 Å². The molecule has 0 aromatic carbocycles. The summed E-state index contributed by atoms with van der Waals surface area (Å²) in [5.41, 5.74) is 6.76. The van der Waals surface area contributed by atoms with Crippen LogP contribution in [0.5, 0.6) is 0 Å². The fourth-order valence-corrected chi connectivity index (χ4v) is 4.95. The normalized spacial score (nSPS) is 13.0. The summed E-state index contributed by atoms with van der Waals surface area (Å²) < 4.78 is 2.10. The van der Waals surface area contributed by atoms with E-state index in [9.17, 15) is 4.79 Å². The van der Waals surface area contributed by atoms with E-state index in [0.717, 1.165) is 59.9 Å². The zero-order chi connectivity index (χ0) is 20.5. The summed E-state index contributed by atoms with van der Waals surface area (Å²) in [6.45, 7) is 5.04. The predicted molar refractivity (Wildman–Crippen MR) is 116 cm³/mol. The van der Waals surface area contributed by atoms with E-state index >= 15 is 0 Å².